The summed E-state index contributed by atoms with van der Waals surface area (Å²) in [6.07, 6.45) is 0.594. The average molecular weight is 231 g/mol. The van der Waals surface area contributed by atoms with Crippen LogP contribution >= 0.6 is 0 Å². The molecule has 0 fully saturated rings. The van der Waals surface area contributed by atoms with Crippen LogP contribution in [0.15, 0.2) is 48.5 Å². The minimum Gasteiger partial charge on any atom is -0.457 e. The third-order valence-corrected chi connectivity index (χ3v) is 2.11. The molecule has 0 bridgehead atoms. The van der Waals surface area contributed by atoms with Crippen LogP contribution in [-0.2, 0) is 4.79 Å². The van der Waals surface area contributed by atoms with E-state index in [1.807, 2.05) is 0 Å². The lowest BCUT2D eigenvalue weighted by Gasteiger charge is -2.06. The second-order valence-corrected chi connectivity index (χ2v) is 3.35. The number of benzene rings is 2. The fraction of sp³-hybridized carbons (Fsp3) is 0. The molecule has 0 saturated carbocycles. The van der Waals surface area contributed by atoms with Gasteiger partial charge < -0.3 is 10.1 Å². The molecule has 0 aliphatic rings. The summed E-state index contributed by atoms with van der Waals surface area (Å²) in [6.45, 7) is 0. The third-order valence-electron chi connectivity index (χ3n) is 2.11. The highest BCUT2D eigenvalue weighted by Gasteiger charge is 1.99. The van der Waals surface area contributed by atoms with Crippen molar-refractivity contribution in [3.63, 3.8) is 0 Å². The van der Waals surface area contributed by atoms with Crippen LogP contribution in [-0.4, -0.2) is 6.41 Å². The van der Waals surface area contributed by atoms with Gasteiger partial charge in [-0.2, -0.15) is 0 Å². The Balaban J connectivity index is 2.15. The van der Waals surface area contributed by atoms with Crippen LogP contribution in [0.5, 0.6) is 11.5 Å². The Morgan fingerprint density at radius 1 is 1.06 bits per heavy atom. The number of nitrogens with one attached hydrogen (secondary N) is 1. The number of carbonyl (C=O) groups excluding carboxylic acids is 1. The van der Waals surface area contributed by atoms with E-state index in [0.29, 0.717) is 23.6 Å². The van der Waals surface area contributed by atoms with Gasteiger partial charge in [0.25, 0.3) is 0 Å². The number of hydrogen-bond donors (Lipinski definition) is 1. The molecule has 4 heteroatoms. The molecule has 0 radical (unpaired) electrons. The lowest BCUT2D eigenvalue weighted by Crippen LogP contribution is -1.93. The summed E-state index contributed by atoms with van der Waals surface area (Å²) in [7, 11) is 0. The first-order valence-corrected chi connectivity index (χ1v) is 5.01. The fourth-order valence-electron chi connectivity index (χ4n) is 1.36. The molecule has 0 saturated heterocycles. The molecule has 3 nitrogen and oxygen atoms in total. The quantitative estimate of drug-likeness (QED) is 0.820. The largest absolute Gasteiger partial charge is 0.457 e. The zero-order chi connectivity index (χ0) is 12.1. The molecule has 0 unspecified atom stereocenters. The normalized spacial score (nSPS) is 9.71. The van der Waals surface area contributed by atoms with Crippen LogP contribution in [0.1, 0.15) is 0 Å². The van der Waals surface area contributed by atoms with Crippen molar-refractivity contribution in [1.29, 1.82) is 0 Å². The minimum absolute atomic E-state index is 0.311. The van der Waals surface area contributed by atoms with Crippen molar-refractivity contribution < 1.29 is 13.9 Å². The summed E-state index contributed by atoms with van der Waals surface area (Å²) in [4.78, 5) is 10.3. The van der Waals surface area contributed by atoms with Crippen LogP contribution in [0.4, 0.5) is 10.1 Å². The maximum absolute atomic E-state index is 12.7. The van der Waals surface area contributed by atoms with E-state index in [4.69, 9.17) is 4.74 Å². The Hall–Kier alpha value is -2.36. The molecular weight excluding hydrogens is 221 g/mol. The Morgan fingerprint density at radius 2 is 1.82 bits per heavy atom. The number of hydrogen-bond acceptors (Lipinski definition) is 2. The Kier molecular flexibility index (Phi) is 3.35. The number of ether oxygens (including phenoxy) is 1. The van der Waals surface area contributed by atoms with Crippen LogP contribution in [0, 0.1) is 5.82 Å². The predicted octanol–water partition coefficient (Wildman–Crippen LogP) is 3.19. The van der Waals surface area contributed by atoms with Crippen molar-refractivity contribution >= 4 is 12.1 Å². The van der Waals surface area contributed by atoms with Crippen molar-refractivity contribution in [2.75, 3.05) is 5.32 Å². The van der Waals surface area contributed by atoms with Gasteiger partial charge in [-0.1, -0.05) is 6.07 Å². The van der Waals surface area contributed by atoms with E-state index < -0.39 is 0 Å². The third kappa shape index (κ3) is 3.04. The molecule has 86 valence electrons. The van der Waals surface area contributed by atoms with E-state index in [9.17, 15) is 9.18 Å². The van der Waals surface area contributed by atoms with Crippen molar-refractivity contribution in [2.45, 2.75) is 0 Å². The van der Waals surface area contributed by atoms with Gasteiger partial charge in [0.15, 0.2) is 0 Å². The van der Waals surface area contributed by atoms with E-state index in [0.717, 1.165) is 0 Å². The molecule has 0 heterocycles. The first-order valence-electron chi connectivity index (χ1n) is 5.01. The number of rotatable bonds is 4. The zero-order valence-corrected chi connectivity index (χ0v) is 8.89. The molecule has 17 heavy (non-hydrogen) atoms. The van der Waals surface area contributed by atoms with Crippen molar-refractivity contribution in [3.8, 4) is 11.5 Å². The zero-order valence-electron chi connectivity index (χ0n) is 8.89. The summed E-state index contributed by atoms with van der Waals surface area (Å²) in [5, 5.41) is 2.52. The molecular formula is C13H10FNO2. The first kappa shape index (κ1) is 11.1. The molecule has 0 aliphatic carbocycles. The number of halogens is 1. The lowest BCUT2D eigenvalue weighted by molar-refractivity contribution is -0.105. The lowest BCUT2D eigenvalue weighted by atomic mass is 10.3. The Bertz CT molecular complexity index is 511. The topological polar surface area (TPSA) is 38.3 Å². The van der Waals surface area contributed by atoms with Gasteiger partial charge in [0, 0.05) is 11.8 Å². The molecule has 2 aromatic carbocycles. The highest BCUT2D eigenvalue weighted by atomic mass is 19.1. The summed E-state index contributed by atoms with van der Waals surface area (Å²) in [5.74, 6) is 0.798. The molecule has 2 aromatic rings. The number of anilines is 1. The molecule has 1 amide bonds. The Labute approximate surface area is 97.8 Å². The second-order valence-electron chi connectivity index (χ2n) is 3.35. The average Bonchev–Trinajstić information content (AvgIpc) is 2.33. The van der Waals surface area contributed by atoms with Gasteiger partial charge >= 0.3 is 0 Å². The van der Waals surface area contributed by atoms with Gasteiger partial charge in [0.05, 0.1) is 0 Å². The summed E-state index contributed by atoms with van der Waals surface area (Å²) in [5.41, 5.74) is 0.639. The van der Waals surface area contributed by atoms with E-state index in [2.05, 4.69) is 5.32 Å². The molecule has 0 spiro atoms. The van der Waals surface area contributed by atoms with Crippen LogP contribution in [0.3, 0.4) is 0 Å². The van der Waals surface area contributed by atoms with Crippen LogP contribution in [0.2, 0.25) is 0 Å². The first-order chi connectivity index (χ1) is 8.28. The van der Waals surface area contributed by atoms with Gasteiger partial charge in [-0.05, 0) is 36.4 Å². The molecule has 0 aromatic heterocycles. The predicted molar refractivity (Wildman–Crippen MR) is 62.6 cm³/mol. The van der Waals surface area contributed by atoms with E-state index in [1.54, 1.807) is 24.3 Å². The number of carbonyl (C=O) groups is 1. The number of amides is 1. The maximum Gasteiger partial charge on any atom is 0.211 e. The highest BCUT2D eigenvalue weighted by molar-refractivity contribution is 5.71. The van der Waals surface area contributed by atoms with Gasteiger partial charge in [0.1, 0.15) is 17.3 Å². The monoisotopic (exact) mass is 231 g/mol. The standard InChI is InChI=1S/C13H10FNO2/c14-10-4-6-12(7-5-10)17-13-3-1-2-11(8-13)15-9-16/h1-9H,(H,15,16). The summed E-state index contributed by atoms with van der Waals surface area (Å²) >= 11 is 0. The molecule has 1 N–H and O–H groups in total. The van der Waals surface area contributed by atoms with Gasteiger partial charge in [0.2, 0.25) is 6.41 Å². The van der Waals surface area contributed by atoms with Gasteiger partial charge in [-0.15, -0.1) is 0 Å². The second kappa shape index (κ2) is 5.12. The van der Waals surface area contributed by atoms with E-state index in [-0.39, 0.29) is 5.82 Å². The fourth-order valence-corrected chi connectivity index (χ4v) is 1.36. The van der Waals surface area contributed by atoms with Crippen molar-refractivity contribution in [2.24, 2.45) is 0 Å². The smallest absolute Gasteiger partial charge is 0.211 e. The molecule has 0 atom stereocenters. The molecule has 2 rings (SSSR count). The summed E-state index contributed by atoms with van der Waals surface area (Å²) in [6, 6.07) is 12.6. The van der Waals surface area contributed by atoms with Gasteiger partial charge in [-0.3, -0.25) is 4.79 Å². The SMILES string of the molecule is O=CNc1cccc(Oc2ccc(F)cc2)c1. The van der Waals surface area contributed by atoms with Crippen LogP contribution in [0.25, 0.3) is 0 Å². The van der Waals surface area contributed by atoms with Crippen LogP contribution < -0.4 is 10.1 Å². The van der Waals surface area contributed by atoms with Crippen molar-refractivity contribution in [3.05, 3.63) is 54.3 Å². The van der Waals surface area contributed by atoms with Gasteiger partial charge in [-0.25, -0.2) is 4.39 Å². The van der Waals surface area contributed by atoms with E-state index >= 15 is 0 Å². The minimum atomic E-state index is -0.311. The highest BCUT2D eigenvalue weighted by Crippen LogP contribution is 2.23. The Morgan fingerprint density at radius 3 is 2.53 bits per heavy atom. The maximum atomic E-state index is 12.7. The van der Waals surface area contributed by atoms with E-state index in [1.165, 1.54) is 24.3 Å². The summed E-state index contributed by atoms with van der Waals surface area (Å²) < 4.78 is 18.2. The van der Waals surface area contributed by atoms with Crippen molar-refractivity contribution in [1.82, 2.24) is 0 Å². The molecule has 0 aliphatic heterocycles.